The Labute approximate surface area is 153 Å². The van der Waals surface area contributed by atoms with Gasteiger partial charge in [-0.1, -0.05) is 12.1 Å². The summed E-state index contributed by atoms with van der Waals surface area (Å²) in [7, 11) is 1.41. The number of fused-ring (bicyclic) bond motifs is 3. The largest absolute Gasteiger partial charge is 0.494 e. The smallest absolute Gasteiger partial charge is 0.399 e. The van der Waals surface area contributed by atoms with E-state index in [2.05, 4.69) is 4.90 Å². The molecule has 1 saturated heterocycles. The molecule has 4 rings (SSSR count). The van der Waals surface area contributed by atoms with Crippen LogP contribution in [0.5, 0.6) is 0 Å². The number of nitrogens with zero attached hydrogens (tertiary/aromatic N) is 2. The molecule has 2 aliphatic heterocycles. The lowest BCUT2D eigenvalue weighted by atomic mass is 9.78. The lowest BCUT2D eigenvalue weighted by molar-refractivity contribution is 0.00578. The Bertz CT molecular complexity index is 847. The summed E-state index contributed by atoms with van der Waals surface area (Å²) in [6.07, 6.45) is 0.790. The lowest BCUT2D eigenvalue weighted by Gasteiger charge is -2.32. The summed E-state index contributed by atoms with van der Waals surface area (Å²) in [6.45, 7) is 6.81. The SMILES string of the molecule is CN1CCc2c(n(C(F)F)c3cc(B4OC(C)(C)C(C)(C)O4)ccc23)C1. The molecule has 0 atom stereocenters. The molecule has 4 nitrogen and oxygen atoms in total. The van der Waals surface area contributed by atoms with Crippen molar-refractivity contribution in [1.29, 1.82) is 0 Å². The van der Waals surface area contributed by atoms with Gasteiger partial charge >= 0.3 is 13.7 Å². The standard InChI is InChI=1S/C19H25BF2N2O2/c1-18(2)19(3,4)26-20(25-18)12-6-7-13-14-8-9-23(5)11-16(14)24(17(21)22)15(13)10-12/h6-7,10,17H,8-9,11H2,1-5H3. The van der Waals surface area contributed by atoms with E-state index in [0.717, 1.165) is 35.1 Å². The molecule has 0 unspecified atom stereocenters. The maximum atomic E-state index is 13.9. The molecule has 0 saturated carbocycles. The second-order valence-electron chi connectivity index (χ2n) is 8.43. The average molecular weight is 362 g/mol. The van der Waals surface area contributed by atoms with E-state index in [1.807, 2.05) is 52.9 Å². The molecule has 0 bridgehead atoms. The van der Waals surface area contributed by atoms with E-state index in [-0.39, 0.29) is 0 Å². The van der Waals surface area contributed by atoms with Gasteiger partial charge in [0.2, 0.25) is 0 Å². The van der Waals surface area contributed by atoms with Crippen LogP contribution in [0.25, 0.3) is 10.9 Å². The Morgan fingerprint density at radius 1 is 1.12 bits per heavy atom. The van der Waals surface area contributed by atoms with E-state index in [1.54, 1.807) is 0 Å². The Hall–Kier alpha value is -1.44. The fourth-order valence-corrected chi connectivity index (χ4v) is 3.89. The Morgan fingerprint density at radius 3 is 2.38 bits per heavy atom. The number of aromatic nitrogens is 1. The van der Waals surface area contributed by atoms with Crippen molar-refractivity contribution in [2.24, 2.45) is 0 Å². The molecule has 0 radical (unpaired) electrons. The third kappa shape index (κ3) is 2.60. The molecule has 1 aromatic carbocycles. The topological polar surface area (TPSA) is 26.6 Å². The molecule has 140 valence electrons. The molecule has 0 spiro atoms. The minimum absolute atomic E-state index is 0.459. The highest BCUT2D eigenvalue weighted by atomic mass is 19.3. The summed E-state index contributed by atoms with van der Waals surface area (Å²) in [5, 5.41) is 0.911. The number of hydrogen-bond donors (Lipinski definition) is 0. The van der Waals surface area contributed by atoms with Gasteiger partial charge in [0.1, 0.15) is 0 Å². The minimum Gasteiger partial charge on any atom is -0.399 e. The molecular formula is C19H25BF2N2O2. The monoisotopic (exact) mass is 362 g/mol. The summed E-state index contributed by atoms with van der Waals surface area (Å²) in [6, 6.07) is 5.69. The van der Waals surface area contributed by atoms with Crippen molar-refractivity contribution in [3.63, 3.8) is 0 Å². The first-order valence-corrected chi connectivity index (χ1v) is 9.08. The van der Waals surface area contributed by atoms with Gasteiger partial charge in [0.15, 0.2) is 0 Å². The zero-order chi connectivity index (χ0) is 18.9. The van der Waals surface area contributed by atoms with Gasteiger partial charge in [-0.25, -0.2) is 0 Å². The van der Waals surface area contributed by atoms with Gasteiger partial charge in [-0.3, -0.25) is 4.57 Å². The van der Waals surface area contributed by atoms with Crippen molar-refractivity contribution in [2.45, 2.75) is 58.4 Å². The van der Waals surface area contributed by atoms with Gasteiger partial charge < -0.3 is 14.2 Å². The number of rotatable bonds is 2. The van der Waals surface area contributed by atoms with Crippen molar-refractivity contribution in [1.82, 2.24) is 9.47 Å². The first-order valence-electron chi connectivity index (χ1n) is 9.08. The quantitative estimate of drug-likeness (QED) is 0.767. The maximum Gasteiger partial charge on any atom is 0.494 e. The van der Waals surface area contributed by atoms with Crippen LogP contribution in [0.2, 0.25) is 0 Å². The lowest BCUT2D eigenvalue weighted by Crippen LogP contribution is -2.41. The highest BCUT2D eigenvalue weighted by molar-refractivity contribution is 6.62. The van der Waals surface area contributed by atoms with E-state index in [4.69, 9.17) is 9.31 Å². The first kappa shape index (κ1) is 18.0. The normalized spacial score (nSPS) is 22.4. The fourth-order valence-electron chi connectivity index (χ4n) is 3.89. The molecule has 0 amide bonds. The first-order chi connectivity index (χ1) is 12.1. The number of hydrogen-bond acceptors (Lipinski definition) is 3. The van der Waals surface area contributed by atoms with Gasteiger partial charge in [0.05, 0.1) is 16.7 Å². The predicted molar refractivity (Wildman–Crippen MR) is 98.9 cm³/mol. The summed E-state index contributed by atoms with van der Waals surface area (Å²) >= 11 is 0. The summed E-state index contributed by atoms with van der Waals surface area (Å²) < 4.78 is 41.1. The van der Waals surface area contributed by atoms with Crippen LogP contribution in [0.15, 0.2) is 18.2 Å². The predicted octanol–water partition coefficient (Wildman–Crippen LogP) is 3.32. The molecule has 2 aromatic rings. The van der Waals surface area contributed by atoms with Gasteiger partial charge in [-0.15, -0.1) is 0 Å². The van der Waals surface area contributed by atoms with E-state index < -0.39 is 24.9 Å². The molecule has 0 N–H and O–H groups in total. The Morgan fingerprint density at radius 2 is 1.77 bits per heavy atom. The molecular weight excluding hydrogens is 337 g/mol. The Kier molecular flexibility index (Phi) is 3.99. The van der Waals surface area contributed by atoms with Crippen molar-refractivity contribution in [3.05, 3.63) is 29.5 Å². The van der Waals surface area contributed by atoms with Crippen LogP contribution in [0, 0.1) is 0 Å². The van der Waals surface area contributed by atoms with Crippen LogP contribution >= 0.6 is 0 Å². The van der Waals surface area contributed by atoms with Gasteiger partial charge in [-0.05, 0) is 58.3 Å². The van der Waals surface area contributed by atoms with Crippen LogP contribution < -0.4 is 5.46 Å². The molecule has 1 aromatic heterocycles. The van der Waals surface area contributed by atoms with Crippen LogP contribution in [0.3, 0.4) is 0 Å². The van der Waals surface area contributed by atoms with E-state index in [1.165, 1.54) is 4.57 Å². The number of benzene rings is 1. The fraction of sp³-hybridized carbons (Fsp3) is 0.579. The summed E-state index contributed by atoms with van der Waals surface area (Å²) in [5.41, 5.74) is 2.18. The molecule has 1 fully saturated rings. The third-order valence-corrected chi connectivity index (χ3v) is 6.13. The summed E-state index contributed by atoms with van der Waals surface area (Å²) in [4.78, 5) is 2.08. The maximum absolute atomic E-state index is 13.9. The van der Waals surface area contributed by atoms with Crippen molar-refractivity contribution in [2.75, 3.05) is 13.6 Å². The summed E-state index contributed by atoms with van der Waals surface area (Å²) in [5.74, 6) is 0. The Balaban J connectivity index is 1.82. The molecule has 26 heavy (non-hydrogen) atoms. The second kappa shape index (κ2) is 5.78. The zero-order valence-corrected chi connectivity index (χ0v) is 16.0. The highest BCUT2D eigenvalue weighted by Crippen LogP contribution is 2.38. The molecule has 7 heteroatoms. The number of likely N-dealkylation sites (N-methyl/N-ethyl adjacent to an activating group) is 1. The molecule has 3 heterocycles. The minimum atomic E-state index is -2.57. The second-order valence-corrected chi connectivity index (χ2v) is 8.43. The van der Waals surface area contributed by atoms with E-state index in [9.17, 15) is 8.78 Å². The van der Waals surface area contributed by atoms with Gasteiger partial charge in [0.25, 0.3) is 0 Å². The van der Waals surface area contributed by atoms with Crippen LogP contribution in [0.1, 0.15) is 45.5 Å². The van der Waals surface area contributed by atoms with Gasteiger partial charge in [0, 0.05) is 24.2 Å². The van der Waals surface area contributed by atoms with Crippen LogP contribution in [0.4, 0.5) is 8.78 Å². The average Bonchev–Trinajstić information content (AvgIpc) is 2.96. The zero-order valence-electron chi connectivity index (χ0n) is 16.0. The number of halogens is 2. The van der Waals surface area contributed by atoms with Crippen LogP contribution in [-0.2, 0) is 22.3 Å². The molecule has 0 aliphatic carbocycles. The van der Waals surface area contributed by atoms with E-state index in [0.29, 0.717) is 12.1 Å². The van der Waals surface area contributed by atoms with Crippen molar-refractivity contribution < 1.29 is 18.1 Å². The third-order valence-electron chi connectivity index (χ3n) is 6.13. The van der Waals surface area contributed by atoms with Crippen molar-refractivity contribution >= 4 is 23.5 Å². The highest BCUT2D eigenvalue weighted by Gasteiger charge is 2.51. The number of alkyl halides is 2. The van der Waals surface area contributed by atoms with Gasteiger partial charge in [-0.2, -0.15) is 8.78 Å². The molecule has 2 aliphatic rings. The van der Waals surface area contributed by atoms with Crippen LogP contribution in [-0.4, -0.2) is 41.4 Å². The van der Waals surface area contributed by atoms with Crippen molar-refractivity contribution in [3.8, 4) is 0 Å². The van der Waals surface area contributed by atoms with E-state index >= 15 is 0 Å².